The van der Waals surface area contributed by atoms with Crippen LogP contribution in [0.25, 0.3) is 0 Å². The average molecular weight is 248 g/mol. The van der Waals surface area contributed by atoms with Crippen molar-refractivity contribution in [2.75, 3.05) is 0 Å². The molecule has 2 heteroatoms. The molecule has 0 aliphatic carbocycles. The van der Waals surface area contributed by atoms with Crippen LogP contribution in [-0.4, -0.2) is 0 Å². The van der Waals surface area contributed by atoms with Crippen LogP contribution in [0.4, 0.5) is 0 Å². The van der Waals surface area contributed by atoms with Crippen LogP contribution in [0, 0.1) is 6.92 Å². The molecule has 12 heavy (non-hydrogen) atoms. The van der Waals surface area contributed by atoms with Gasteiger partial charge in [-0.3, -0.25) is 0 Å². The Kier molecular flexibility index (Phi) is 3.60. The Labute approximate surface area is 87.1 Å². The van der Waals surface area contributed by atoms with Gasteiger partial charge >= 0.3 is 0 Å². The van der Waals surface area contributed by atoms with E-state index < -0.39 is 0 Å². The molecule has 0 aliphatic heterocycles. The Hall–Kier alpha value is -0.0100. The summed E-state index contributed by atoms with van der Waals surface area (Å²) >= 11 is 9.33. The topological polar surface area (TPSA) is 0 Å². The van der Waals surface area contributed by atoms with Crippen molar-refractivity contribution >= 4 is 27.5 Å². The summed E-state index contributed by atoms with van der Waals surface area (Å²) in [5, 5.41) is 0. The van der Waals surface area contributed by atoms with Gasteiger partial charge in [-0.25, -0.2) is 0 Å². The fraction of sp³-hybridized carbons (Fsp3) is 0.400. The van der Waals surface area contributed by atoms with Crippen LogP contribution >= 0.6 is 27.5 Å². The van der Waals surface area contributed by atoms with Crippen LogP contribution in [-0.2, 0) is 12.3 Å². The standard InChI is InChI=1S/C10H12BrCl/c1-3-8-5-9(11)4-7(2)10(8)6-12/h4-5H,3,6H2,1-2H3. The molecule has 0 bridgehead atoms. The highest BCUT2D eigenvalue weighted by molar-refractivity contribution is 9.10. The molecular weight excluding hydrogens is 235 g/mol. The summed E-state index contributed by atoms with van der Waals surface area (Å²) in [7, 11) is 0. The van der Waals surface area contributed by atoms with Crippen molar-refractivity contribution in [1.29, 1.82) is 0 Å². The smallest absolute Gasteiger partial charge is 0.0479 e. The lowest BCUT2D eigenvalue weighted by molar-refractivity contribution is 1.08. The number of rotatable bonds is 2. The van der Waals surface area contributed by atoms with E-state index in [1.807, 2.05) is 0 Å². The van der Waals surface area contributed by atoms with E-state index in [1.54, 1.807) is 0 Å². The number of alkyl halides is 1. The van der Waals surface area contributed by atoms with E-state index >= 15 is 0 Å². The van der Waals surface area contributed by atoms with Crippen LogP contribution in [0.2, 0.25) is 0 Å². The molecule has 0 N–H and O–H groups in total. The van der Waals surface area contributed by atoms with Crippen molar-refractivity contribution in [3.63, 3.8) is 0 Å². The number of aryl methyl sites for hydroxylation is 2. The second-order valence-electron chi connectivity index (χ2n) is 2.85. The Morgan fingerprint density at radius 2 is 2.08 bits per heavy atom. The largest absolute Gasteiger partial charge is 0.122 e. The van der Waals surface area contributed by atoms with E-state index in [2.05, 4.69) is 41.9 Å². The maximum atomic E-state index is 5.85. The molecule has 1 aromatic rings. The zero-order chi connectivity index (χ0) is 9.14. The van der Waals surface area contributed by atoms with E-state index in [1.165, 1.54) is 16.7 Å². The van der Waals surface area contributed by atoms with E-state index in [0.29, 0.717) is 5.88 Å². The monoisotopic (exact) mass is 246 g/mol. The van der Waals surface area contributed by atoms with Crippen molar-refractivity contribution in [3.05, 3.63) is 33.3 Å². The first-order chi connectivity index (χ1) is 5.69. The van der Waals surface area contributed by atoms with Gasteiger partial charge < -0.3 is 0 Å². The van der Waals surface area contributed by atoms with E-state index in [9.17, 15) is 0 Å². The zero-order valence-electron chi connectivity index (χ0n) is 7.32. The van der Waals surface area contributed by atoms with Gasteiger partial charge in [0.2, 0.25) is 0 Å². The van der Waals surface area contributed by atoms with Crippen molar-refractivity contribution < 1.29 is 0 Å². The highest BCUT2D eigenvalue weighted by atomic mass is 79.9. The third kappa shape index (κ3) is 2.02. The summed E-state index contributed by atoms with van der Waals surface area (Å²) in [4.78, 5) is 0. The average Bonchev–Trinajstić information content (AvgIpc) is 2.03. The van der Waals surface area contributed by atoms with Crippen LogP contribution in [0.3, 0.4) is 0 Å². The maximum absolute atomic E-state index is 5.85. The Balaban J connectivity index is 3.24. The van der Waals surface area contributed by atoms with E-state index in [0.717, 1.165) is 10.9 Å². The molecular formula is C10H12BrCl. The number of hydrogen-bond donors (Lipinski definition) is 0. The van der Waals surface area contributed by atoms with Crippen molar-refractivity contribution in [3.8, 4) is 0 Å². The molecule has 0 amide bonds. The van der Waals surface area contributed by atoms with Gasteiger partial charge in [0.05, 0.1) is 0 Å². The minimum absolute atomic E-state index is 0.613. The Bertz CT molecular complexity index is 281. The highest BCUT2D eigenvalue weighted by Crippen LogP contribution is 2.22. The molecule has 0 radical (unpaired) electrons. The van der Waals surface area contributed by atoms with Crippen LogP contribution in [0.1, 0.15) is 23.6 Å². The van der Waals surface area contributed by atoms with Crippen LogP contribution in [0.15, 0.2) is 16.6 Å². The summed E-state index contributed by atoms with van der Waals surface area (Å²) in [6.07, 6.45) is 1.04. The van der Waals surface area contributed by atoms with Gasteiger partial charge in [0.15, 0.2) is 0 Å². The Morgan fingerprint density at radius 1 is 1.42 bits per heavy atom. The van der Waals surface area contributed by atoms with Gasteiger partial charge in [-0.05, 0) is 42.2 Å². The molecule has 0 heterocycles. The summed E-state index contributed by atoms with van der Waals surface area (Å²) < 4.78 is 1.14. The third-order valence-electron chi connectivity index (χ3n) is 2.04. The minimum atomic E-state index is 0.613. The lowest BCUT2D eigenvalue weighted by atomic mass is 10.0. The molecule has 66 valence electrons. The summed E-state index contributed by atoms with van der Waals surface area (Å²) in [5.41, 5.74) is 3.90. The first-order valence-corrected chi connectivity index (χ1v) is 5.35. The van der Waals surface area contributed by atoms with Crippen molar-refractivity contribution in [2.45, 2.75) is 26.1 Å². The fourth-order valence-corrected chi connectivity index (χ4v) is 2.35. The highest BCUT2D eigenvalue weighted by Gasteiger charge is 2.04. The zero-order valence-corrected chi connectivity index (χ0v) is 9.67. The lowest BCUT2D eigenvalue weighted by Crippen LogP contribution is -1.93. The molecule has 1 aromatic carbocycles. The SMILES string of the molecule is CCc1cc(Br)cc(C)c1CCl. The van der Waals surface area contributed by atoms with E-state index in [4.69, 9.17) is 11.6 Å². The molecule has 0 atom stereocenters. The van der Waals surface area contributed by atoms with Crippen LogP contribution < -0.4 is 0 Å². The number of benzene rings is 1. The molecule has 0 aliphatic rings. The summed E-state index contributed by atoms with van der Waals surface area (Å²) in [6, 6.07) is 4.25. The van der Waals surface area contributed by atoms with Gasteiger partial charge in [-0.1, -0.05) is 22.9 Å². The maximum Gasteiger partial charge on any atom is 0.0479 e. The number of halogens is 2. The molecule has 0 fully saturated rings. The molecule has 0 spiro atoms. The predicted octanol–water partition coefficient (Wildman–Crippen LogP) is 4.06. The minimum Gasteiger partial charge on any atom is -0.122 e. The van der Waals surface area contributed by atoms with Crippen molar-refractivity contribution in [1.82, 2.24) is 0 Å². The molecule has 0 unspecified atom stereocenters. The molecule has 0 aromatic heterocycles. The van der Waals surface area contributed by atoms with Gasteiger partial charge in [-0.15, -0.1) is 11.6 Å². The van der Waals surface area contributed by atoms with Gasteiger partial charge in [0.25, 0.3) is 0 Å². The van der Waals surface area contributed by atoms with Gasteiger partial charge in [0, 0.05) is 10.4 Å². The van der Waals surface area contributed by atoms with Crippen molar-refractivity contribution in [2.24, 2.45) is 0 Å². The number of hydrogen-bond acceptors (Lipinski definition) is 0. The van der Waals surface area contributed by atoms with Gasteiger partial charge in [-0.2, -0.15) is 0 Å². The molecule has 0 saturated carbocycles. The second kappa shape index (κ2) is 4.29. The summed E-state index contributed by atoms with van der Waals surface area (Å²) in [6.45, 7) is 4.25. The Morgan fingerprint density at radius 3 is 2.58 bits per heavy atom. The predicted molar refractivity (Wildman–Crippen MR) is 57.8 cm³/mol. The summed E-state index contributed by atoms with van der Waals surface area (Å²) in [5.74, 6) is 0.613. The first kappa shape index (κ1) is 10.1. The fourth-order valence-electron chi connectivity index (χ4n) is 1.35. The normalized spacial score (nSPS) is 10.3. The van der Waals surface area contributed by atoms with Gasteiger partial charge in [0.1, 0.15) is 0 Å². The second-order valence-corrected chi connectivity index (χ2v) is 4.03. The quantitative estimate of drug-likeness (QED) is 0.692. The van der Waals surface area contributed by atoms with Crippen LogP contribution in [0.5, 0.6) is 0 Å². The third-order valence-corrected chi connectivity index (χ3v) is 2.77. The lowest BCUT2D eigenvalue weighted by Gasteiger charge is -2.08. The first-order valence-electron chi connectivity index (χ1n) is 4.03. The molecule has 0 nitrogen and oxygen atoms in total. The van der Waals surface area contributed by atoms with E-state index in [-0.39, 0.29) is 0 Å². The molecule has 1 rings (SSSR count). The molecule has 0 saturated heterocycles.